The first-order valence-corrected chi connectivity index (χ1v) is 6.01. The van der Waals surface area contributed by atoms with Crippen LogP contribution in [0.25, 0.3) is 0 Å². The summed E-state index contributed by atoms with van der Waals surface area (Å²) in [6.45, 7) is 0. The molecule has 6 nitrogen and oxygen atoms in total. The number of carbonyl (C=O) groups is 3. The van der Waals surface area contributed by atoms with E-state index in [9.17, 15) is 27.6 Å². The van der Waals surface area contributed by atoms with Crippen molar-refractivity contribution in [3.8, 4) is 0 Å². The fraction of sp³-hybridized carbons (Fsp3) is 0.308. The maximum atomic E-state index is 13.4. The lowest BCUT2D eigenvalue weighted by atomic mass is 10.1. The fourth-order valence-electron chi connectivity index (χ4n) is 1.61. The Morgan fingerprint density at radius 2 is 1.77 bits per heavy atom. The average Bonchev–Trinajstić information content (AvgIpc) is 2.41. The number of hydrogen-bond acceptors (Lipinski definition) is 4. The molecule has 0 radical (unpaired) electrons. The van der Waals surface area contributed by atoms with Crippen molar-refractivity contribution in [2.24, 2.45) is 0 Å². The molecular weight excluding hydrogens is 307 g/mol. The van der Waals surface area contributed by atoms with E-state index in [0.717, 1.165) is 7.11 Å². The largest absolute Gasteiger partial charge is 0.480 e. The van der Waals surface area contributed by atoms with Crippen LogP contribution in [0, 0.1) is 17.5 Å². The Labute approximate surface area is 122 Å². The summed E-state index contributed by atoms with van der Waals surface area (Å²) in [6.07, 6.45) is -0.652. The van der Waals surface area contributed by atoms with Crippen molar-refractivity contribution in [2.75, 3.05) is 7.11 Å². The molecule has 0 spiro atoms. The molecule has 0 aromatic heterocycles. The number of carboxylic acids is 1. The second-order valence-corrected chi connectivity index (χ2v) is 4.22. The summed E-state index contributed by atoms with van der Waals surface area (Å²) in [5.41, 5.74) is -1.11. The van der Waals surface area contributed by atoms with Crippen molar-refractivity contribution in [1.82, 2.24) is 5.32 Å². The minimum atomic E-state index is -1.56. The average molecular weight is 319 g/mol. The molecule has 1 amide bonds. The van der Waals surface area contributed by atoms with Gasteiger partial charge in [-0.1, -0.05) is 0 Å². The first-order chi connectivity index (χ1) is 10.3. The molecule has 1 aromatic rings. The van der Waals surface area contributed by atoms with Gasteiger partial charge in [-0.3, -0.25) is 9.59 Å². The van der Waals surface area contributed by atoms with Gasteiger partial charge in [0.05, 0.1) is 7.11 Å². The maximum Gasteiger partial charge on any atom is 0.326 e. The highest BCUT2D eigenvalue weighted by molar-refractivity contribution is 5.97. The first-order valence-electron chi connectivity index (χ1n) is 6.01. The lowest BCUT2D eigenvalue weighted by molar-refractivity contribution is -0.142. The smallest absolute Gasteiger partial charge is 0.326 e. The molecule has 0 aliphatic rings. The zero-order chi connectivity index (χ0) is 16.9. The number of nitrogens with one attached hydrogen (secondary N) is 1. The number of amides is 1. The highest BCUT2D eigenvalue weighted by Crippen LogP contribution is 2.15. The Balaban J connectivity index is 2.88. The van der Waals surface area contributed by atoms with Gasteiger partial charge in [0.25, 0.3) is 5.91 Å². The quantitative estimate of drug-likeness (QED) is 0.770. The van der Waals surface area contributed by atoms with Gasteiger partial charge in [0.15, 0.2) is 0 Å². The van der Waals surface area contributed by atoms with Gasteiger partial charge in [-0.2, -0.15) is 0 Å². The number of carbonyl (C=O) groups excluding carboxylic acids is 2. The molecule has 0 aliphatic carbocycles. The van der Waals surface area contributed by atoms with E-state index in [0.29, 0.717) is 12.1 Å². The van der Waals surface area contributed by atoms with Gasteiger partial charge in [0.1, 0.15) is 29.1 Å². The number of esters is 1. The third-order valence-corrected chi connectivity index (χ3v) is 2.70. The van der Waals surface area contributed by atoms with Gasteiger partial charge in [0, 0.05) is 18.6 Å². The number of hydrogen-bond donors (Lipinski definition) is 2. The van der Waals surface area contributed by atoms with Crippen LogP contribution in [0.5, 0.6) is 0 Å². The number of ether oxygens (including phenoxy) is 1. The second kappa shape index (κ2) is 7.43. The minimum absolute atomic E-state index is 0.294. The predicted octanol–water partition coefficient (Wildman–Crippen LogP) is 1.24. The van der Waals surface area contributed by atoms with Crippen LogP contribution in [0.1, 0.15) is 23.2 Å². The van der Waals surface area contributed by atoms with E-state index < -0.39 is 46.9 Å². The predicted molar refractivity (Wildman–Crippen MR) is 66.5 cm³/mol. The number of methoxy groups -OCH3 is 1. The van der Waals surface area contributed by atoms with Crippen LogP contribution in [-0.4, -0.2) is 36.1 Å². The summed E-state index contributed by atoms with van der Waals surface area (Å²) in [5.74, 6) is -7.72. The second-order valence-electron chi connectivity index (χ2n) is 4.22. The molecule has 120 valence electrons. The van der Waals surface area contributed by atoms with Crippen LogP contribution >= 0.6 is 0 Å². The SMILES string of the molecule is COC(=O)CC[C@H](NC(=O)c1c(F)cc(F)cc1F)C(=O)O. The van der Waals surface area contributed by atoms with Crippen molar-refractivity contribution in [1.29, 1.82) is 0 Å². The van der Waals surface area contributed by atoms with Crippen LogP contribution in [0.3, 0.4) is 0 Å². The Kier molecular flexibility index (Phi) is 5.90. The molecule has 0 saturated heterocycles. The zero-order valence-corrected chi connectivity index (χ0v) is 11.4. The topological polar surface area (TPSA) is 92.7 Å². The standard InChI is InChI=1S/C13H12F3NO5/c1-22-10(18)3-2-9(13(20)21)17-12(19)11-7(15)4-6(14)5-8(11)16/h4-5,9H,2-3H2,1H3,(H,17,19)(H,20,21)/t9-/m0/s1. The molecular formula is C13H12F3NO5. The number of carboxylic acid groups (broad SMARTS) is 1. The van der Waals surface area contributed by atoms with E-state index in [1.54, 1.807) is 0 Å². The van der Waals surface area contributed by atoms with Crippen molar-refractivity contribution < 1.29 is 37.4 Å². The molecule has 0 bridgehead atoms. The molecule has 9 heteroatoms. The molecule has 1 rings (SSSR count). The molecule has 0 aliphatic heterocycles. The van der Waals surface area contributed by atoms with Crippen molar-refractivity contribution in [2.45, 2.75) is 18.9 Å². The Morgan fingerprint density at radius 1 is 1.23 bits per heavy atom. The Hall–Kier alpha value is -2.58. The molecule has 1 aromatic carbocycles. The summed E-state index contributed by atoms with van der Waals surface area (Å²) in [6, 6.07) is -0.972. The fourth-order valence-corrected chi connectivity index (χ4v) is 1.61. The molecule has 0 saturated carbocycles. The Morgan fingerprint density at radius 3 is 2.23 bits per heavy atom. The summed E-state index contributed by atoms with van der Waals surface area (Å²) >= 11 is 0. The molecule has 1 atom stereocenters. The Bertz CT molecular complexity index is 582. The monoisotopic (exact) mass is 319 g/mol. The summed E-state index contributed by atoms with van der Waals surface area (Å²) in [4.78, 5) is 33.7. The molecule has 0 fully saturated rings. The summed E-state index contributed by atoms with van der Waals surface area (Å²) in [7, 11) is 1.10. The van der Waals surface area contributed by atoms with Gasteiger partial charge < -0.3 is 15.2 Å². The third kappa shape index (κ3) is 4.47. The van der Waals surface area contributed by atoms with Gasteiger partial charge in [0.2, 0.25) is 0 Å². The van der Waals surface area contributed by atoms with Crippen molar-refractivity contribution in [3.63, 3.8) is 0 Å². The van der Waals surface area contributed by atoms with E-state index in [4.69, 9.17) is 5.11 Å². The van der Waals surface area contributed by atoms with Gasteiger partial charge in [-0.15, -0.1) is 0 Å². The van der Waals surface area contributed by atoms with Crippen LogP contribution in [0.15, 0.2) is 12.1 Å². The zero-order valence-electron chi connectivity index (χ0n) is 11.4. The highest BCUT2D eigenvalue weighted by atomic mass is 19.1. The van der Waals surface area contributed by atoms with Crippen molar-refractivity contribution in [3.05, 3.63) is 35.1 Å². The normalized spacial score (nSPS) is 11.6. The van der Waals surface area contributed by atoms with Crippen LogP contribution < -0.4 is 5.32 Å². The maximum absolute atomic E-state index is 13.4. The van der Waals surface area contributed by atoms with Crippen LogP contribution in [0.2, 0.25) is 0 Å². The van der Waals surface area contributed by atoms with Gasteiger partial charge >= 0.3 is 11.9 Å². The molecule has 2 N–H and O–H groups in total. The lowest BCUT2D eigenvalue weighted by Gasteiger charge is -2.14. The minimum Gasteiger partial charge on any atom is -0.480 e. The number of benzene rings is 1. The van der Waals surface area contributed by atoms with Crippen LogP contribution in [-0.2, 0) is 14.3 Å². The van der Waals surface area contributed by atoms with E-state index in [1.807, 2.05) is 5.32 Å². The highest BCUT2D eigenvalue weighted by Gasteiger charge is 2.25. The van der Waals surface area contributed by atoms with E-state index >= 15 is 0 Å². The van der Waals surface area contributed by atoms with E-state index in [1.165, 1.54) is 0 Å². The van der Waals surface area contributed by atoms with Gasteiger partial charge in [-0.25, -0.2) is 18.0 Å². The van der Waals surface area contributed by atoms with Crippen LogP contribution in [0.4, 0.5) is 13.2 Å². The van der Waals surface area contributed by atoms with Gasteiger partial charge in [-0.05, 0) is 6.42 Å². The van der Waals surface area contributed by atoms with E-state index in [2.05, 4.69) is 4.74 Å². The molecule has 0 heterocycles. The third-order valence-electron chi connectivity index (χ3n) is 2.70. The summed E-state index contributed by atoms with van der Waals surface area (Å²) < 4.78 is 43.9. The number of halogens is 3. The lowest BCUT2D eigenvalue weighted by Crippen LogP contribution is -2.41. The number of aliphatic carboxylic acids is 1. The first kappa shape index (κ1) is 17.5. The van der Waals surface area contributed by atoms with Crippen molar-refractivity contribution >= 4 is 17.8 Å². The molecule has 0 unspecified atom stereocenters. The van der Waals surface area contributed by atoms with E-state index in [-0.39, 0.29) is 12.8 Å². The summed E-state index contributed by atoms with van der Waals surface area (Å²) in [5, 5.41) is 10.8. The molecule has 22 heavy (non-hydrogen) atoms. The number of rotatable bonds is 6.